The first kappa shape index (κ1) is 22.5. The molecule has 0 radical (unpaired) electrons. The number of carbonyl (C=O) groups is 2. The van der Waals surface area contributed by atoms with Crippen LogP contribution < -0.4 is 20.1 Å². The van der Waals surface area contributed by atoms with Gasteiger partial charge < -0.3 is 24.5 Å². The predicted molar refractivity (Wildman–Crippen MR) is 109 cm³/mol. The molecule has 0 atom stereocenters. The van der Waals surface area contributed by atoms with Crippen LogP contribution in [0.1, 0.15) is 21.8 Å². The first-order valence-electron chi connectivity index (χ1n) is 9.38. The molecule has 0 unspecified atom stereocenters. The molecule has 2 N–H and O–H groups in total. The number of benzene rings is 2. The number of anilines is 1. The molecule has 4 rings (SSSR count). The van der Waals surface area contributed by atoms with Crippen molar-refractivity contribution in [2.45, 2.75) is 17.9 Å². The highest BCUT2D eigenvalue weighted by Gasteiger charge is 2.30. The molecule has 1 aromatic heterocycles. The molecule has 1 aliphatic rings. The maximum absolute atomic E-state index is 12.8. The normalized spacial score (nSPS) is 12.5. The van der Waals surface area contributed by atoms with E-state index in [1.807, 2.05) is 0 Å². The zero-order chi connectivity index (χ0) is 23.4. The van der Waals surface area contributed by atoms with Crippen LogP contribution in [-0.2, 0) is 17.5 Å². The fraction of sp³-hybridized carbons (Fsp3) is 0.200. The largest absolute Gasteiger partial charge is 0.454 e. The number of halogens is 3. The van der Waals surface area contributed by atoms with Gasteiger partial charge in [-0.1, -0.05) is 17.8 Å². The van der Waals surface area contributed by atoms with Crippen LogP contribution in [0.5, 0.6) is 11.5 Å². The molecule has 3 aromatic rings. The van der Waals surface area contributed by atoms with Crippen LogP contribution in [0.4, 0.5) is 18.9 Å². The van der Waals surface area contributed by atoms with Gasteiger partial charge in [0, 0.05) is 17.3 Å². The van der Waals surface area contributed by atoms with Crippen molar-refractivity contribution < 1.29 is 36.7 Å². The molecule has 0 aliphatic carbocycles. The third-order valence-corrected chi connectivity index (χ3v) is 5.10. The van der Waals surface area contributed by atoms with Crippen molar-refractivity contribution in [1.29, 1.82) is 0 Å². The number of fused-ring (bicyclic) bond motifs is 1. The van der Waals surface area contributed by atoms with Crippen LogP contribution in [0.15, 0.2) is 52.1 Å². The van der Waals surface area contributed by atoms with Gasteiger partial charge in [0.25, 0.3) is 11.1 Å². The Morgan fingerprint density at radius 1 is 1.06 bits per heavy atom. The first-order valence-corrected chi connectivity index (χ1v) is 10.4. The van der Waals surface area contributed by atoms with E-state index < -0.39 is 17.6 Å². The minimum atomic E-state index is -4.55. The number of amides is 2. The van der Waals surface area contributed by atoms with Gasteiger partial charge in [0.15, 0.2) is 11.5 Å². The summed E-state index contributed by atoms with van der Waals surface area (Å²) in [7, 11) is 0. The smallest absolute Gasteiger partial charge is 0.416 e. The van der Waals surface area contributed by atoms with E-state index in [1.54, 1.807) is 18.2 Å². The second kappa shape index (κ2) is 9.40. The Morgan fingerprint density at radius 2 is 1.88 bits per heavy atom. The Hall–Kier alpha value is -3.74. The van der Waals surface area contributed by atoms with Gasteiger partial charge in [0.1, 0.15) is 0 Å². The zero-order valence-electron chi connectivity index (χ0n) is 16.6. The SMILES string of the molecule is O=C(CSc1nnc(CNC(=O)c2cccc(C(F)(F)F)c2)o1)Nc1ccc2c(c1)OCO2. The number of thioether (sulfide) groups is 1. The average molecular weight is 480 g/mol. The number of aromatic nitrogens is 2. The molecule has 33 heavy (non-hydrogen) atoms. The molecule has 0 saturated carbocycles. The van der Waals surface area contributed by atoms with Gasteiger partial charge in [-0.2, -0.15) is 13.2 Å². The zero-order valence-corrected chi connectivity index (χ0v) is 17.5. The molecule has 2 amide bonds. The van der Waals surface area contributed by atoms with Gasteiger partial charge in [-0.15, -0.1) is 10.2 Å². The summed E-state index contributed by atoms with van der Waals surface area (Å²) < 4.78 is 54.1. The number of hydrogen-bond donors (Lipinski definition) is 2. The van der Waals surface area contributed by atoms with Crippen LogP contribution in [0, 0.1) is 0 Å². The van der Waals surface area contributed by atoms with Crippen molar-refractivity contribution in [3.05, 3.63) is 59.5 Å². The molecule has 1 aliphatic heterocycles. The molecule has 172 valence electrons. The quantitative estimate of drug-likeness (QED) is 0.494. The standard InChI is InChI=1S/C20H15F3N4O5S/c21-20(22,23)12-3-1-2-11(6-12)18(29)24-8-17-26-27-19(32-17)33-9-16(28)25-13-4-5-14-15(7-13)31-10-30-14/h1-7H,8-10H2,(H,24,29)(H,25,28). The molecule has 9 nitrogen and oxygen atoms in total. The van der Waals surface area contributed by atoms with Gasteiger partial charge in [-0.3, -0.25) is 9.59 Å². The first-order chi connectivity index (χ1) is 15.8. The number of carbonyl (C=O) groups excluding carboxylic acids is 2. The van der Waals surface area contributed by atoms with Gasteiger partial charge in [0.2, 0.25) is 18.6 Å². The Bertz CT molecular complexity index is 1180. The van der Waals surface area contributed by atoms with Crippen molar-refractivity contribution in [3.8, 4) is 11.5 Å². The second-order valence-corrected chi connectivity index (χ2v) is 7.55. The van der Waals surface area contributed by atoms with Crippen LogP contribution in [0.25, 0.3) is 0 Å². The van der Waals surface area contributed by atoms with Crippen LogP contribution in [-0.4, -0.2) is 34.6 Å². The molecule has 0 fully saturated rings. The number of rotatable bonds is 7. The summed E-state index contributed by atoms with van der Waals surface area (Å²) in [5, 5.41) is 12.7. The summed E-state index contributed by atoms with van der Waals surface area (Å²) in [5.74, 6) is 0.101. The van der Waals surface area contributed by atoms with E-state index in [2.05, 4.69) is 20.8 Å². The van der Waals surface area contributed by atoms with E-state index in [1.165, 1.54) is 6.07 Å². The van der Waals surface area contributed by atoms with Crippen molar-refractivity contribution in [2.75, 3.05) is 17.9 Å². The summed E-state index contributed by atoms with van der Waals surface area (Å²) in [6.45, 7) is -0.0610. The molecule has 0 spiro atoms. The molecule has 0 saturated heterocycles. The van der Waals surface area contributed by atoms with E-state index in [0.717, 1.165) is 30.0 Å². The van der Waals surface area contributed by atoms with Crippen LogP contribution in [0.3, 0.4) is 0 Å². The Labute approximate surface area is 188 Å². The molecule has 13 heteroatoms. The third-order valence-electron chi connectivity index (χ3n) is 4.28. The lowest BCUT2D eigenvalue weighted by atomic mass is 10.1. The van der Waals surface area contributed by atoms with Crippen molar-refractivity contribution >= 4 is 29.3 Å². The van der Waals surface area contributed by atoms with Crippen LogP contribution in [0.2, 0.25) is 0 Å². The minimum absolute atomic E-state index is 0.0212. The van der Waals surface area contributed by atoms with Crippen molar-refractivity contribution in [1.82, 2.24) is 15.5 Å². The summed E-state index contributed by atoms with van der Waals surface area (Å²) in [4.78, 5) is 24.3. The number of ether oxygens (including phenoxy) is 2. The van der Waals surface area contributed by atoms with E-state index >= 15 is 0 Å². The van der Waals surface area contributed by atoms with E-state index in [9.17, 15) is 22.8 Å². The molecular formula is C20H15F3N4O5S. The highest BCUT2D eigenvalue weighted by Crippen LogP contribution is 2.34. The van der Waals surface area contributed by atoms with Gasteiger partial charge in [-0.05, 0) is 30.3 Å². The Kier molecular flexibility index (Phi) is 6.40. The van der Waals surface area contributed by atoms with Gasteiger partial charge in [-0.25, -0.2) is 0 Å². The van der Waals surface area contributed by atoms with Crippen molar-refractivity contribution in [2.24, 2.45) is 0 Å². The summed E-state index contributed by atoms with van der Waals surface area (Å²) in [5.41, 5.74) is -0.543. The maximum Gasteiger partial charge on any atom is 0.416 e. The number of alkyl halides is 3. The number of nitrogens with one attached hydrogen (secondary N) is 2. The average Bonchev–Trinajstić information content (AvgIpc) is 3.44. The highest BCUT2D eigenvalue weighted by atomic mass is 32.2. The number of hydrogen-bond acceptors (Lipinski definition) is 8. The monoisotopic (exact) mass is 480 g/mol. The summed E-state index contributed by atoms with van der Waals surface area (Å²) >= 11 is 0.983. The number of nitrogens with zero attached hydrogens (tertiary/aromatic N) is 2. The van der Waals surface area contributed by atoms with E-state index in [-0.39, 0.29) is 41.7 Å². The predicted octanol–water partition coefficient (Wildman–Crippen LogP) is 3.48. The lowest BCUT2D eigenvalue weighted by molar-refractivity contribution is -0.137. The fourth-order valence-corrected chi connectivity index (χ4v) is 3.34. The van der Waals surface area contributed by atoms with Crippen molar-refractivity contribution in [3.63, 3.8) is 0 Å². The van der Waals surface area contributed by atoms with Gasteiger partial charge in [0.05, 0.1) is 17.9 Å². The molecule has 2 heterocycles. The summed E-state index contributed by atoms with van der Waals surface area (Å²) in [6, 6.07) is 9.04. The van der Waals surface area contributed by atoms with E-state index in [0.29, 0.717) is 17.2 Å². The second-order valence-electron chi connectivity index (χ2n) is 6.63. The highest BCUT2D eigenvalue weighted by molar-refractivity contribution is 7.99. The molecule has 2 aromatic carbocycles. The van der Waals surface area contributed by atoms with Crippen LogP contribution >= 0.6 is 11.8 Å². The molecule has 0 bridgehead atoms. The Morgan fingerprint density at radius 3 is 2.70 bits per heavy atom. The third kappa shape index (κ3) is 5.74. The lowest BCUT2D eigenvalue weighted by Crippen LogP contribution is -2.23. The topological polar surface area (TPSA) is 116 Å². The lowest BCUT2D eigenvalue weighted by Gasteiger charge is -2.08. The summed E-state index contributed by atoms with van der Waals surface area (Å²) in [6.07, 6.45) is -4.55. The van der Waals surface area contributed by atoms with Gasteiger partial charge >= 0.3 is 6.18 Å². The minimum Gasteiger partial charge on any atom is -0.454 e. The van der Waals surface area contributed by atoms with E-state index in [4.69, 9.17) is 13.9 Å². The Balaban J connectivity index is 1.25. The fourth-order valence-electron chi connectivity index (χ4n) is 2.76. The molecular weight excluding hydrogens is 465 g/mol. The maximum atomic E-state index is 12.8.